The smallest absolute Gasteiger partial charge is 0.0885 e. The maximum atomic E-state index is 3.39. The zero-order valence-corrected chi connectivity index (χ0v) is 6.91. The van der Waals surface area contributed by atoms with Crippen molar-refractivity contribution in [2.45, 2.75) is 20.4 Å². The summed E-state index contributed by atoms with van der Waals surface area (Å²) in [4.78, 5) is 3.39. The maximum absolute atomic E-state index is 3.39. The Morgan fingerprint density at radius 1 is 1.57 bits per heavy atom. The van der Waals surface area contributed by atoms with Gasteiger partial charge < -0.3 is 4.98 Å². The largest absolute Gasteiger partial charge is 0.342 e. The van der Waals surface area contributed by atoms with E-state index in [4.69, 9.17) is 0 Å². The van der Waals surface area contributed by atoms with Crippen molar-refractivity contribution in [2.24, 2.45) is 5.92 Å². The van der Waals surface area contributed by atoms with E-state index in [-0.39, 0.29) is 9.68 Å². The summed E-state index contributed by atoms with van der Waals surface area (Å²) in [5.74, 6) is 0.826. The molecule has 0 radical (unpaired) electrons. The van der Waals surface area contributed by atoms with Crippen LogP contribution in [0.25, 0.3) is 0 Å². The van der Waals surface area contributed by atoms with E-state index in [9.17, 15) is 0 Å². The number of nitrogens with one attached hydrogen (secondary N) is 1. The van der Waals surface area contributed by atoms with Gasteiger partial charge in [0.2, 0.25) is 0 Å². The van der Waals surface area contributed by atoms with E-state index >= 15 is 0 Å². The third-order valence-electron chi connectivity index (χ3n) is 0.803. The molecule has 7 heavy (non-hydrogen) atoms. The monoisotopic (exact) mass is 117 g/mol. The molecule has 0 saturated heterocycles. The van der Waals surface area contributed by atoms with Crippen molar-refractivity contribution in [3.8, 4) is 0 Å². The van der Waals surface area contributed by atoms with E-state index in [1.807, 2.05) is 0 Å². The van der Waals surface area contributed by atoms with E-state index in [1.54, 1.807) is 0 Å². The Kier molecular flexibility index (Phi) is 4.45. The fourth-order valence-corrected chi connectivity index (χ4v) is 1.30. The van der Waals surface area contributed by atoms with Crippen molar-refractivity contribution in [1.82, 2.24) is 4.98 Å². The van der Waals surface area contributed by atoms with Gasteiger partial charge in [-0.15, -0.1) is 0 Å². The van der Waals surface area contributed by atoms with Crippen LogP contribution in [0.5, 0.6) is 0 Å². The first-order valence-corrected chi connectivity index (χ1v) is 5.10. The minimum atomic E-state index is 0.121. The third kappa shape index (κ3) is 6.18. The van der Waals surface area contributed by atoms with Crippen LogP contribution in [-0.2, 0) is 0 Å². The molecule has 0 aromatic carbocycles. The molecule has 0 aromatic rings. The van der Waals surface area contributed by atoms with Crippen molar-refractivity contribution in [3.05, 3.63) is 0 Å². The fraction of sp³-hybridized carbons (Fsp3) is 1.00. The highest BCUT2D eigenvalue weighted by Crippen LogP contribution is 1.84. The van der Waals surface area contributed by atoms with Gasteiger partial charge in [-0.3, -0.25) is 0 Å². The lowest BCUT2D eigenvalue weighted by molar-refractivity contribution is 0.633. The van der Waals surface area contributed by atoms with Crippen LogP contribution >= 0.6 is 0 Å². The fourth-order valence-electron chi connectivity index (χ4n) is 0.433. The summed E-state index contributed by atoms with van der Waals surface area (Å²) >= 11 is 0. The Bertz CT molecular complexity index is 37.1. The third-order valence-corrected chi connectivity index (χ3v) is 1.59. The molecule has 0 unspecified atom stereocenters. The second-order valence-corrected chi connectivity index (χ2v) is 3.41. The van der Waals surface area contributed by atoms with Crippen molar-refractivity contribution >= 4 is 9.68 Å². The normalized spacial score (nSPS) is 12.0. The van der Waals surface area contributed by atoms with E-state index in [2.05, 4.69) is 25.4 Å². The van der Waals surface area contributed by atoms with Crippen LogP contribution in [-0.4, -0.2) is 16.2 Å². The molecule has 0 fully saturated rings. The van der Waals surface area contributed by atoms with Crippen LogP contribution in [0.2, 0.25) is 6.55 Å². The Morgan fingerprint density at radius 2 is 2.14 bits per heavy atom. The topological polar surface area (TPSA) is 12.0 Å². The van der Waals surface area contributed by atoms with Crippen LogP contribution in [0.1, 0.15) is 13.8 Å². The van der Waals surface area contributed by atoms with Gasteiger partial charge in [0.15, 0.2) is 0 Å². The standard InChI is InChI=1S/C5H15NSi/c1-5(2)4-6-7-3/h5-6H,4,7H2,1-3H3. The van der Waals surface area contributed by atoms with Crippen LogP contribution in [0.15, 0.2) is 0 Å². The molecule has 44 valence electrons. The maximum Gasteiger partial charge on any atom is 0.0885 e. The lowest BCUT2D eigenvalue weighted by Gasteiger charge is -2.01. The minimum Gasteiger partial charge on any atom is -0.342 e. The summed E-state index contributed by atoms with van der Waals surface area (Å²) in [5, 5.41) is 0. The predicted molar refractivity (Wildman–Crippen MR) is 37.2 cm³/mol. The molecule has 1 nitrogen and oxygen atoms in total. The molecular formula is C5H15NSi. The van der Waals surface area contributed by atoms with Gasteiger partial charge in [-0.25, -0.2) is 0 Å². The van der Waals surface area contributed by atoms with Gasteiger partial charge in [-0.2, -0.15) is 0 Å². The molecule has 0 atom stereocenters. The summed E-state index contributed by atoms with van der Waals surface area (Å²) in [7, 11) is 0.121. The minimum absolute atomic E-state index is 0.121. The van der Waals surface area contributed by atoms with Gasteiger partial charge >= 0.3 is 0 Å². The highest BCUT2D eigenvalue weighted by Gasteiger charge is 1.87. The van der Waals surface area contributed by atoms with E-state index < -0.39 is 0 Å². The van der Waals surface area contributed by atoms with E-state index in [1.165, 1.54) is 6.54 Å². The average Bonchev–Trinajstić information content (AvgIpc) is 1.61. The van der Waals surface area contributed by atoms with Gasteiger partial charge in [-0.05, 0) is 12.5 Å². The molecule has 0 amide bonds. The van der Waals surface area contributed by atoms with E-state index in [0.717, 1.165) is 5.92 Å². The van der Waals surface area contributed by atoms with Crippen LogP contribution in [0, 0.1) is 5.92 Å². The van der Waals surface area contributed by atoms with Crippen molar-refractivity contribution in [2.75, 3.05) is 6.54 Å². The first kappa shape index (κ1) is 7.18. The predicted octanol–water partition coefficient (Wildman–Crippen LogP) is 0.364. The molecule has 0 aliphatic rings. The van der Waals surface area contributed by atoms with Crippen LogP contribution in [0.3, 0.4) is 0 Å². The van der Waals surface area contributed by atoms with Crippen molar-refractivity contribution < 1.29 is 0 Å². The van der Waals surface area contributed by atoms with Crippen LogP contribution in [0.4, 0.5) is 0 Å². The average molecular weight is 117 g/mol. The Labute approximate surface area is 48.4 Å². The molecular weight excluding hydrogens is 102 g/mol. The second-order valence-electron chi connectivity index (χ2n) is 2.20. The Balaban J connectivity index is 2.68. The lowest BCUT2D eigenvalue weighted by Crippen LogP contribution is -2.21. The number of hydrogen-bond donors (Lipinski definition) is 1. The molecule has 0 heterocycles. The van der Waals surface area contributed by atoms with Gasteiger partial charge in [0.25, 0.3) is 0 Å². The molecule has 1 N–H and O–H groups in total. The molecule has 0 aromatic heterocycles. The molecule has 0 spiro atoms. The number of rotatable bonds is 3. The molecule has 2 heteroatoms. The zero-order chi connectivity index (χ0) is 5.70. The van der Waals surface area contributed by atoms with Crippen LogP contribution < -0.4 is 4.98 Å². The quantitative estimate of drug-likeness (QED) is 0.526. The SMILES string of the molecule is C[SiH2]NCC(C)C. The first-order valence-electron chi connectivity index (χ1n) is 2.98. The van der Waals surface area contributed by atoms with E-state index in [0.29, 0.717) is 0 Å². The number of hydrogen-bond acceptors (Lipinski definition) is 1. The molecule has 0 aliphatic heterocycles. The lowest BCUT2D eigenvalue weighted by atomic mass is 10.2. The zero-order valence-electron chi connectivity index (χ0n) is 5.49. The Hall–Kier alpha value is 0.177. The molecule has 0 saturated carbocycles. The van der Waals surface area contributed by atoms with Gasteiger partial charge in [0, 0.05) is 0 Å². The highest BCUT2D eigenvalue weighted by atomic mass is 28.2. The summed E-state index contributed by atoms with van der Waals surface area (Å²) < 4.78 is 0. The van der Waals surface area contributed by atoms with Gasteiger partial charge in [0.05, 0.1) is 9.68 Å². The summed E-state index contributed by atoms with van der Waals surface area (Å²) in [6.07, 6.45) is 0. The molecule has 0 rings (SSSR count). The van der Waals surface area contributed by atoms with Gasteiger partial charge in [0.1, 0.15) is 0 Å². The van der Waals surface area contributed by atoms with Gasteiger partial charge in [-0.1, -0.05) is 20.4 Å². The summed E-state index contributed by atoms with van der Waals surface area (Å²) in [6, 6.07) is 0. The molecule has 0 bridgehead atoms. The summed E-state index contributed by atoms with van der Waals surface area (Å²) in [5.41, 5.74) is 0. The Morgan fingerprint density at radius 3 is 2.29 bits per heavy atom. The second kappa shape index (κ2) is 4.34. The highest BCUT2D eigenvalue weighted by molar-refractivity contribution is 6.29. The van der Waals surface area contributed by atoms with Crippen molar-refractivity contribution in [1.29, 1.82) is 0 Å². The summed E-state index contributed by atoms with van der Waals surface area (Å²) in [6.45, 7) is 7.94. The molecule has 0 aliphatic carbocycles. The van der Waals surface area contributed by atoms with Crippen molar-refractivity contribution in [3.63, 3.8) is 0 Å². The first-order chi connectivity index (χ1) is 3.27.